The van der Waals surface area contributed by atoms with Crippen LogP contribution in [0, 0.1) is 0 Å². The lowest BCUT2D eigenvalue weighted by atomic mass is 9.83. The van der Waals surface area contributed by atoms with Crippen LogP contribution in [0.25, 0.3) is 0 Å². The fourth-order valence-electron chi connectivity index (χ4n) is 2.50. The molecule has 0 saturated heterocycles. The van der Waals surface area contributed by atoms with Crippen molar-refractivity contribution in [1.29, 1.82) is 0 Å². The Morgan fingerprint density at radius 3 is 1.69 bits per heavy atom. The number of nitrogens with zero attached hydrogens (tertiary/aromatic N) is 1. The highest BCUT2D eigenvalue weighted by Gasteiger charge is 2.33. The van der Waals surface area contributed by atoms with E-state index in [0.29, 0.717) is 19.1 Å². The molecule has 16 heavy (non-hydrogen) atoms. The molecule has 4 heteroatoms. The van der Waals surface area contributed by atoms with Crippen molar-refractivity contribution in [3.8, 4) is 0 Å². The quantitative estimate of drug-likeness (QED) is 0.539. The second-order valence-electron chi connectivity index (χ2n) is 4.48. The van der Waals surface area contributed by atoms with Crippen LogP contribution in [0.5, 0.6) is 0 Å². The molecule has 98 valence electrons. The Bertz CT molecular complexity index is 162. The van der Waals surface area contributed by atoms with Crippen molar-refractivity contribution in [3.05, 3.63) is 0 Å². The Morgan fingerprint density at radius 2 is 1.44 bits per heavy atom. The molecule has 1 atom stereocenters. The third-order valence-electron chi connectivity index (χ3n) is 3.64. The SMILES string of the molecule is CCC(N(CCN)CCN)C(N)(CC)CC. The predicted molar refractivity (Wildman–Crippen MR) is 71.3 cm³/mol. The van der Waals surface area contributed by atoms with E-state index < -0.39 is 0 Å². The summed E-state index contributed by atoms with van der Waals surface area (Å²) in [6, 6.07) is 0.384. The van der Waals surface area contributed by atoms with Gasteiger partial charge in [0.1, 0.15) is 0 Å². The normalized spacial score (nSPS) is 14.4. The van der Waals surface area contributed by atoms with E-state index >= 15 is 0 Å². The van der Waals surface area contributed by atoms with Crippen LogP contribution in [-0.2, 0) is 0 Å². The van der Waals surface area contributed by atoms with Crippen molar-refractivity contribution >= 4 is 0 Å². The van der Waals surface area contributed by atoms with Gasteiger partial charge in [0.25, 0.3) is 0 Å². The molecular formula is C12H30N4. The maximum Gasteiger partial charge on any atom is 0.0306 e. The largest absolute Gasteiger partial charge is 0.329 e. The minimum Gasteiger partial charge on any atom is -0.329 e. The summed E-state index contributed by atoms with van der Waals surface area (Å²) in [6.45, 7) is 9.62. The highest BCUT2D eigenvalue weighted by atomic mass is 15.2. The molecule has 0 amide bonds. The van der Waals surface area contributed by atoms with E-state index in [1.54, 1.807) is 0 Å². The number of hydrogen-bond acceptors (Lipinski definition) is 4. The lowest BCUT2D eigenvalue weighted by molar-refractivity contribution is 0.113. The lowest BCUT2D eigenvalue weighted by Gasteiger charge is -2.43. The van der Waals surface area contributed by atoms with E-state index in [4.69, 9.17) is 17.2 Å². The van der Waals surface area contributed by atoms with Crippen molar-refractivity contribution < 1.29 is 0 Å². The standard InChI is InChI=1S/C12H30N4/c1-4-11(12(15,5-2)6-3)16(9-7-13)10-8-14/h11H,4-10,13-15H2,1-3H3. The summed E-state index contributed by atoms with van der Waals surface area (Å²) in [5, 5.41) is 0. The molecule has 0 bridgehead atoms. The van der Waals surface area contributed by atoms with Gasteiger partial charge in [0.05, 0.1) is 0 Å². The van der Waals surface area contributed by atoms with Gasteiger partial charge >= 0.3 is 0 Å². The first-order valence-corrected chi connectivity index (χ1v) is 6.52. The number of hydrogen-bond donors (Lipinski definition) is 3. The van der Waals surface area contributed by atoms with E-state index in [0.717, 1.165) is 32.4 Å². The van der Waals surface area contributed by atoms with Crippen LogP contribution in [0.15, 0.2) is 0 Å². The molecule has 0 aliphatic carbocycles. The van der Waals surface area contributed by atoms with Crippen LogP contribution in [0.2, 0.25) is 0 Å². The first kappa shape index (κ1) is 15.8. The summed E-state index contributed by atoms with van der Waals surface area (Å²) in [7, 11) is 0. The second kappa shape index (κ2) is 8.01. The average molecular weight is 230 g/mol. The van der Waals surface area contributed by atoms with E-state index in [1.165, 1.54) is 0 Å². The summed E-state index contributed by atoms with van der Waals surface area (Å²) in [6.07, 6.45) is 3.04. The maximum atomic E-state index is 6.49. The molecule has 1 unspecified atom stereocenters. The van der Waals surface area contributed by atoms with Gasteiger partial charge in [-0.2, -0.15) is 0 Å². The van der Waals surface area contributed by atoms with Crippen molar-refractivity contribution in [2.75, 3.05) is 26.2 Å². The zero-order valence-corrected chi connectivity index (χ0v) is 11.2. The molecule has 0 aliphatic rings. The van der Waals surface area contributed by atoms with Crippen molar-refractivity contribution in [2.45, 2.75) is 51.6 Å². The van der Waals surface area contributed by atoms with Gasteiger partial charge in [-0.3, -0.25) is 4.90 Å². The zero-order chi connectivity index (χ0) is 12.6. The first-order valence-electron chi connectivity index (χ1n) is 6.52. The smallest absolute Gasteiger partial charge is 0.0306 e. The monoisotopic (exact) mass is 230 g/mol. The van der Waals surface area contributed by atoms with Gasteiger partial charge in [-0.1, -0.05) is 20.8 Å². The Balaban J connectivity index is 4.74. The van der Waals surface area contributed by atoms with Gasteiger partial charge in [-0.05, 0) is 19.3 Å². The Labute approximate surface area is 101 Å². The molecule has 0 heterocycles. The van der Waals surface area contributed by atoms with Crippen LogP contribution >= 0.6 is 0 Å². The molecule has 0 fully saturated rings. The summed E-state index contributed by atoms with van der Waals surface area (Å²) in [4.78, 5) is 2.35. The minimum atomic E-state index is -0.112. The molecule has 0 rings (SSSR count). The van der Waals surface area contributed by atoms with E-state index in [9.17, 15) is 0 Å². The molecular weight excluding hydrogens is 200 g/mol. The molecule has 0 aliphatic heterocycles. The van der Waals surface area contributed by atoms with Crippen LogP contribution in [0.4, 0.5) is 0 Å². The fraction of sp³-hybridized carbons (Fsp3) is 1.00. The van der Waals surface area contributed by atoms with E-state index in [1.807, 2.05) is 0 Å². The summed E-state index contributed by atoms with van der Waals surface area (Å²) in [5.41, 5.74) is 17.7. The number of rotatable bonds is 9. The Morgan fingerprint density at radius 1 is 1.00 bits per heavy atom. The topological polar surface area (TPSA) is 81.3 Å². The van der Waals surface area contributed by atoms with E-state index in [2.05, 4.69) is 25.7 Å². The molecule has 0 aromatic heterocycles. The van der Waals surface area contributed by atoms with Crippen LogP contribution in [-0.4, -0.2) is 42.7 Å². The van der Waals surface area contributed by atoms with Crippen molar-refractivity contribution in [2.24, 2.45) is 17.2 Å². The highest BCUT2D eigenvalue weighted by molar-refractivity contribution is 4.95. The molecule has 0 aromatic rings. The van der Waals surface area contributed by atoms with Gasteiger partial charge < -0.3 is 17.2 Å². The van der Waals surface area contributed by atoms with Crippen LogP contribution in [0.1, 0.15) is 40.0 Å². The van der Waals surface area contributed by atoms with Crippen molar-refractivity contribution in [3.63, 3.8) is 0 Å². The first-order chi connectivity index (χ1) is 7.59. The van der Waals surface area contributed by atoms with Gasteiger partial charge in [-0.25, -0.2) is 0 Å². The van der Waals surface area contributed by atoms with E-state index in [-0.39, 0.29) is 5.54 Å². The maximum absolute atomic E-state index is 6.49. The van der Waals surface area contributed by atoms with Crippen LogP contribution in [0.3, 0.4) is 0 Å². The van der Waals surface area contributed by atoms with Gasteiger partial charge in [0.2, 0.25) is 0 Å². The van der Waals surface area contributed by atoms with Gasteiger partial charge in [-0.15, -0.1) is 0 Å². The fourth-order valence-corrected chi connectivity index (χ4v) is 2.50. The third kappa shape index (κ3) is 4.01. The zero-order valence-electron chi connectivity index (χ0n) is 11.2. The lowest BCUT2D eigenvalue weighted by Crippen LogP contribution is -2.59. The Hall–Kier alpha value is -0.160. The van der Waals surface area contributed by atoms with Crippen LogP contribution < -0.4 is 17.2 Å². The highest BCUT2D eigenvalue weighted by Crippen LogP contribution is 2.23. The molecule has 4 nitrogen and oxygen atoms in total. The molecule has 6 N–H and O–H groups in total. The number of nitrogens with two attached hydrogens (primary N) is 3. The predicted octanol–water partition coefficient (Wildman–Crippen LogP) is 0.502. The summed E-state index contributed by atoms with van der Waals surface area (Å²) in [5.74, 6) is 0. The minimum absolute atomic E-state index is 0.112. The average Bonchev–Trinajstić information content (AvgIpc) is 2.30. The summed E-state index contributed by atoms with van der Waals surface area (Å²) >= 11 is 0. The second-order valence-corrected chi connectivity index (χ2v) is 4.48. The molecule has 0 saturated carbocycles. The van der Waals surface area contributed by atoms with Crippen molar-refractivity contribution in [1.82, 2.24) is 4.90 Å². The Kier molecular flexibility index (Phi) is 7.93. The van der Waals surface area contributed by atoms with Gasteiger partial charge in [0.15, 0.2) is 0 Å². The third-order valence-corrected chi connectivity index (χ3v) is 3.64. The summed E-state index contributed by atoms with van der Waals surface area (Å²) < 4.78 is 0. The molecule has 0 aromatic carbocycles. The van der Waals surface area contributed by atoms with Gasteiger partial charge in [0, 0.05) is 37.8 Å². The molecule has 0 radical (unpaired) electrons. The molecule has 0 spiro atoms.